The first-order valence-electron chi connectivity index (χ1n) is 4.43. The van der Waals surface area contributed by atoms with Gasteiger partial charge in [-0.1, -0.05) is 17.2 Å². The van der Waals surface area contributed by atoms with E-state index >= 15 is 0 Å². The molecule has 1 N–H and O–H groups in total. The third-order valence-corrected chi connectivity index (χ3v) is 2.13. The second kappa shape index (κ2) is 5.01. The quantitative estimate of drug-likeness (QED) is 0.749. The first-order chi connectivity index (χ1) is 6.59. The molecule has 1 rings (SSSR count). The average Bonchev–Trinajstić information content (AvgIpc) is 2.10. The third-order valence-electron chi connectivity index (χ3n) is 1.80. The minimum Gasteiger partial charge on any atom is -0.383 e. The van der Waals surface area contributed by atoms with Crippen molar-refractivity contribution in [2.45, 2.75) is 13.3 Å². The van der Waals surface area contributed by atoms with Gasteiger partial charge in [0.15, 0.2) is 0 Å². The zero-order valence-corrected chi connectivity index (χ0v) is 8.87. The van der Waals surface area contributed by atoms with Crippen LogP contribution in [0.4, 0.5) is 10.1 Å². The molecule has 14 heavy (non-hydrogen) atoms. The molecule has 0 aliphatic carbocycles. The molecule has 1 aromatic carbocycles. The number of halogens is 2. The summed E-state index contributed by atoms with van der Waals surface area (Å²) in [4.78, 5) is 0. The Morgan fingerprint density at radius 1 is 1.57 bits per heavy atom. The molecule has 0 unspecified atom stereocenters. The predicted molar refractivity (Wildman–Crippen MR) is 59.3 cm³/mol. The van der Waals surface area contributed by atoms with E-state index in [2.05, 4.69) is 11.9 Å². The minimum atomic E-state index is -0.285. The standard InChI is InChI=1S/C11H13ClFN/c1-8(2)5-6-14-11-7-9(13)3-4-10(11)12/h3-4,7,14H,1,5-6H2,2H3. The van der Waals surface area contributed by atoms with Crippen molar-refractivity contribution in [1.29, 1.82) is 0 Å². The summed E-state index contributed by atoms with van der Waals surface area (Å²) in [6.07, 6.45) is 0.854. The highest BCUT2D eigenvalue weighted by atomic mass is 35.5. The highest BCUT2D eigenvalue weighted by molar-refractivity contribution is 6.33. The van der Waals surface area contributed by atoms with E-state index in [-0.39, 0.29) is 5.82 Å². The van der Waals surface area contributed by atoms with Gasteiger partial charge < -0.3 is 5.32 Å². The lowest BCUT2D eigenvalue weighted by molar-refractivity contribution is 0.628. The van der Waals surface area contributed by atoms with Gasteiger partial charge >= 0.3 is 0 Å². The molecule has 0 bridgehead atoms. The van der Waals surface area contributed by atoms with Gasteiger partial charge in [0.25, 0.3) is 0 Å². The number of rotatable bonds is 4. The predicted octanol–water partition coefficient (Wildman–Crippen LogP) is 3.86. The van der Waals surface area contributed by atoms with Crippen LogP contribution >= 0.6 is 11.6 Å². The average molecular weight is 214 g/mol. The maximum absolute atomic E-state index is 12.8. The SMILES string of the molecule is C=C(C)CCNc1cc(F)ccc1Cl. The highest BCUT2D eigenvalue weighted by Crippen LogP contribution is 2.22. The zero-order valence-electron chi connectivity index (χ0n) is 8.11. The second-order valence-corrected chi connectivity index (χ2v) is 3.67. The van der Waals surface area contributed by atoms with Gasteiger partial charge in [0, 0.05) is 6.54 Å². The summed E-state index contributed by atoms with van der Waals surface area (Å²) in [5.74, 6) is -0.285. The molecule has 0 atom stereocenters. The van der Waals surface area contributed by atoms with Crippen molar-refractivity contribution >= 4 is 17.3 Å². The van der Waals surface area contributed by atoms with E-state index < -0.39 is 0 Å². The van der Waals surface area contributed by atoms with Crippen molar-refractivity contribution in [1.82, 2.24) is 0 Å². The molecule has 0 heterocycles. The van der Waals surface area contributed by atoms with Crippen LogP contribution in [-0.2, 0) is 0 Å². The Bertz CT molecular complexity index is 336. The molecule has 0 fully saturated rings. The molecular weight excluding hydrogens is 201 g/mol. The Morgan fingerprint density at radius 2 is 2.29 bits per heavy atom. The molecule has 0 radical (unpaired) electrons. The maximum Gasteiger partial charge on any atom is 0.125 e. The number of nitrogens with one attached hydrogen (secondary N) is 1. The number of hydrogen-bond acceptors (Lipinski definition) is 1. The summed E-state index contributed by atoms with van der Waals surface area (Å²) in [5.41, 5.74) is 1.72. The Kier molecular flexibility index (Phi) is 3.96. The molecule has 0 spiro atoms. The lowest BCUT2D eigenvalue weighted by Crippen LogP contribution is -2.02. The van der Waals surface area contributed by atoms with Crippen LogP contribution in [0, 0.1) is 5.82 Å². The minimum absolute atomic E-state index is 0.285. The summed E-state index contributed by atoms with van der Waals surface area (Å²) in [6.45, 7) is 6.45. The third kappa shape index (κ3) is 3.38. The summed E-state index contributed by atoms with van der Waals surface area (Å²) in [5, 5.41) is 3.59. The van der Waals surface area contributed by atoms with E-state index in [1.807, 2.05) is 6.92 Å². The van der Waals surface area contributed by atoms with E-state index in [4.69, 9.17) is 11.6 Å². The van der Waals surface area contributed by atoms with Crippen molar-refractivity contribution < 1.29 is 4.39 Å². The molecule has 0 aromatic heterocycles. The first kappa shape index (κ1) is 11.1. The molecular formula is C11H13ClFN. The van der Waals surface area contributed by atoms with Gasteiger partial charge in [-0.2, -0.15) is 0 Å². The molecule has 0 aliphatic heterocycles. The van der Waals surface area contributed by atoms with Gasteiger partial charge in [-0.05, 0) is 31.5 Å². The van der Waals surface area contributed by atoms with E-state index in [0.29, 0.717) is 10.7 Å². The lowest BCUT2D eigenvalue weighted by atomic mass is 10.2. The number of anilines is 1. The molecule has 0 saturated carbocycles. The fourth-order valence-electron chi connectivity index (χ4n) is 1.04. The van der Waals surface area contributed by atoms with Crippen LogP contribution in [0.1, 0.15) is 13.3 Å². The van der Waals surface area contributed by atoms with Crippen molar-refractivity contribution in [2.24, 2.45) is 0 Å². The molecule has 0 saturated heterocycles. The van der Waals surface area contributed by atoms with Crippen LogP contribution in [-0.4, -0.2) is 6.54 Å². The molecule has 0 aliphatic rings. The molecule has 3 heteroatoms. The van der Waals surface area contributed by atoms with Crippen LogP contribution in [0.2, 0.25) is 5.02 Å². The molecule has 1 nitrogen and oxygen atoms in total. The molecule has 0 amide bonds. The number of hydrogen-bond donors (Lipinski definition) is 1. The Labute approximate surface area is 88.6 Å². The Morgan fingerprint density at radius 3 is 2.93 bits per heavy atom. The van der Waals surface area contributed by atoms with E-state index in [1.54, 1.807) is 6.07 Å². The van der Waals surface area contributed by atoms with Crippen molar-refractivity contribution in [3.8, 4) is 0 Å². The van der Waals surface area contributed by atoms with E-state index in [1.165, 1.54) is 12.1 Å². The van der Waals surface area contributed by atoms with Crippen molar-refractivity contribution in [2.75, 3.05) is 11.9 Å². The maximum atomic E-state index is 12.8. The van der Waals surface area contributed by atoms with Gasteiger partial charge in [0.05, 0.1) is 10.7 Å². The first-order valence-corrected chi connectivity index (χ1v) is 4.80. The van der Waals surface area contributed by atoms with E-state index in [9.17, 15) is 4.39 Å². The van der Waals surface area contributed by atoms with Gasteiger partial charge in [0.2, 0.25) is 0 Å². The highest BCUT2D eigenvalue weighted by Gasteiger charge is 2.00. The lowest BCUT2D eigenvalue weighted by Gasteiger charge is -2.07. The van der Waals surface area contributed by atoms with Crippen LogP contribution in [0.5, 0.6) is 0 Å². The number of benzene rings is 1. The Hall–Kier alpha value is -1.02. The van der Waals surface area contributed by atoms with Crippen molar-refractivity contribution in [3.05, 3.63) is 41.2 Å². The van der Waals surface area contributed by atoms with Crippen LogP contribution < -0.4 is 5.32 Å². The van der Waals surface area contributed by atoms with Crippen LogP contribution in [0.3, 0.4) is 0 Å². The summed E-state index contributed by atoms with van der Waals surface area (Å²) in [7, 11) is 0. The fraction of sp³-hybridized carbons (Fsp3) is 0.273. The molecule has 76 valence electrons. The second-order valence-electron chi connectivity index (χ2n) is 3.26. The smallest absolute Gasteiger partial charge is 0.125 e. The van der Waals surface area contributed by atoms with Crippen molar-refractivity contribution in [3.63, 3.8) is 0 Å². The topological polar surface area (TPSA) is 12.0 Å². The largest absolute Gasteiger partial charge is 0.383 e. The summed E-state index contributed by atoms with van der Waals surface area (Å²) < 4.78 is 12.8. The normalized spacial score (nSPS) is 9.93. The Balaban J connectivity index is 2.57. The summed E-state index contributed by atoms with van der Waals surface area (Å²) >= 11 is 5.86. The van der Waals surface area contributed by atoms with Gasteiger partial charge in [0.1, 0.15) is 5.82 Å². The molecule has 1 aromatic rings. The fourth-order valence-corrected chi connectivity index (χ4v) is 1.23. The van der Waals surface area contributed by atoms with Gasteiger partial charge in [-0.15, -0.1) is 6.58 Å². The van der Waals surface area contributed by atoms with Crippen LogP contribution in [0.25, 0.3) is 0 Å². The monoisotopic (exact) mass is 213 g/mol. The van der Waals surface area contributed by atoms with E-state index in [0.717, 1.165) is 18.5 Å². The zero-order chi connectivity index (χ0) is 10.6. The van der Waals surface area contributed by atoms with Gasteiger partial charge in [-0.25, -0.2) is 4.39 Å². The van der Waals surface area contributed by atoms with Gasteiger partial charge in [-0.3, -0.25) is 0 Å². The van der Waals surface area contributed by atoms with Crippen LogP contribution in [0.15, 0.2) is 30.4 Å². The summed E-state index contributed by atoms with van der Waals surface area (Å²) in [6, 6.07) is 4.27.